The van der Waals surface area contributed by atoms with E-state index in [4.69, 9.17) is 0 Å². The summed E-state index contributed by atoms with van der Waals surface area (Å²) in [4.78, 5) is 4.29. The van der Waals surface area contributed by atoms with Gasteiger partial charge in [0, 0.05) is 23.7 Å². The number of aromatic nitrogens is 2. The van der Waals surface area contributed by atoms with E-state index >= 15 is 0 Å². The van der Waals surface area contributed by atoms with E-state index < -0.39 is 36.2 Å². The zero-order valence-electron chi connectivity index (χ0n) is 17.8. The first-order chi connectivity index (χ1) is 15.5. The minimum Gasteiger partial charge on any atom is -0.619 e. The van der Waals surface area contributed by atoms with Gasteiger partial charge in [-0.25, -0.2) is 0 Å². The van der Waals surface area contributed by atoms with E-state index in [1.54, 1.807) is 38.1 Å². The Labute approximate surface area is 187 Å². The van der Waals surface area contributed by atoms with Crippen molar-refractivity contribution in [3.8, 4) is 11.5 Å². The predicted octanol–water partition coefficient (Wildman–Crippen LogP) is 4.52. The molecule has 0 radical (unpaired) electrons. The molecule has 0 saturated heterocycles. The van der Waals surface area contributed by atoms with Crippen LogP contribution in [0.2, 0.25) is 0 Å². The third kappa shape index (κ3) is 6.55. The third-order valence-corrected chi connectivity index (χ3v) is 4.89. The van der Waals surface area contributed by atoms with E-state index in [9.17, 15) is 27.9 Å². The topological polar surface area (TPSA) is 78.5 Å². The van der Waals surface area contributed by atoms with Crippen molar-refractivity contribution < 1.29 is 36.9 Å². The van der Waals surface area contributed by atoms with Crippen LogP contribution < -0.4 is 14.2 Å². The first-order valence-corrected chi connectivity index (χ1v) is 9.93. The molecule has 0 spiro atoms. The Bertz CT molecular complexity index is 1070. The molecule has 0 aliphatic rings. The monoisotopic (exact) mass is 466 g/mol. The summed E-state index contributed by atoms with van der Waals surface area (Å²) in [5.41, 5.74) is 0.993. The zero-order chi connectivity index (χ0) is 24.2. The summed E-state index contributed by atoms with van der Waals surface area (Å²) in [6, 6.07) is 10.4. The number of benzene rings is 1. The summed E-state index contributed by atoms with van der Waals surface area (Å²) in [6.45, 7) is -3.31. The van der Waals surface area contributed by atoms with Crippen LogP contribution >= 0.6 is 0 Å². The Morgan fingerprint density at radius 3 is 2.24 bits per heavy atom. The number of ether oxygens (including phenoxy) is 2. The first kappa shape index (κ1) is 24.2. The quantitative estimate of drug-likeness (QED) is 0.285. The van der Waals surface area contributed by atoms with E-state index in [0.717, 1.165) is 6.07 Å². The van der Waals surface area contributed by atoms with Gasteiger partial charge in [-0.2, -0.15) is 22.3 Å². The molecule has 3 aromatic rings. The molecule has 0 amide bonds. The van der Waals surface area contributed by atoms with Gasteiger partial charge in [0.1, 0.15) is 5.60 Å². The van der Waals surface area contributed by atoms with E-state index in [0.29, 0.717) is 27.1 Å². The number of rotatable bonds is 9. The molecular formula is C23H22F4N2O4. The molecule has 1 unspecified atom stereocenters. The molecule has 0 fully saturated rings. The Hall–Kier alpha value is -3.40. The average molecular weight is 466 g/mol. The molecule has 2 heterocycles. The van der Waals surface area contributed by atoms with Crippen molar-refractivity contribution in [1.29, 1.82) is 0 Å². The van der Waals surface area contributed by atoms with Crippen LogP contribution in [0.5, 0.6) is 11.5 Å². The number of hydrogen-bond donors (Lipinski definition) is 1. The van der Waals surface area contributed by atoms with E-state index in [1.807, 2.05) is 0 Å². The fourth-order valence-electron chi connectivity index (χ4n) is 3.38. The molecule has 10 heteroatoms. The second kappa shape index (κ2) is 10.0. The SMILES string of the molecule is CC(C)(O)c1ccc(C(Cc2ccc[n+]([O-])c2)c2ccc(OC(F)F)c(OC(F)F)c2)cn1. The molecule has 33 heavy (non-hydrogen) atoms. The number of pyridine rings is 2. The van der Waals surface area contributed by atoms with Crippen molar-refractivity contribution in [2.24, 2.45) is 0 Å². The van der Waals surface area contributed by atoms with Gasteiger partial charge in [-0.05, 0) is 55.7 Å². The van der Waals surface area contributed by atoms with Crippen molar-refractivity contribution in [3.63, 3.8) is 0 Å². The first-order valence-electron chi connectivity index (χ1n) is 9.93. The lowest BCUT2D eigenvalue weighted by Crippen LogP contribution is -2.25. The van der Waals surface area contributed by atoms with Gasteiger partial charge in [-0.15, -0.1) is 0 Å². The third-order valence-electron chi connectivity index (χ3n) is 4.89. The maximum Gasteiger partial charge on any atom is 0.387 e. The highest BCUT2D eigenvalue weighted by Gasteiger charge is 2.23. The maximum atomic E-state index is 12.9. The molecule has 3 rings (SSSR count). The number of aliphatic hydroxyl groups is 1. The van der Waals surface area contributed by atoms with Crippen LogP contribution in [0.25, 0.3) is 0 Å². The van der Waals surface area contributed by atoms with Crippen LogP contribution in [0.15, 0.2) is 61.1 Å². The van der Waals surface area contributed by atoms with Crippen molar-refractivity contribution in [3.05, 3.63) is 88.6 Å². The van der Waals surface area contributed by atoms with Crippen LogP contribution in [0, 0.1) is 5.21 Å². The zero-order valence-corrected chi connectivity index (χ0v) is 17.8. The van der Waals surface area contributed by atoms with Crippen LogP contribution in [-0.4, -0.2) is 23.3 Å². The summed E-state index contributed by atoms with van der Waals surface area (Å²) in [7, 11) is 0. The van der Waals surface area contributed by atoms with Gasteiger partial charge in [0.05, 0.1) is 5.69 Å². The fraction of sp³-hybridized carbons (Fsp3) is 0.304. The van der Waals surface area contributed by atoms with Crippen molar-refractivity contribution in [2.75, 3.05) is 0 Å². The van der Waals surface area contributed by atoms with Gasteiger partial charge >= 0.3 is 13.2 Å². The summed E-state index contributed by atoms with van der Waals surface area (Å²) in [5.74, 6) is -1.57. The molecule has 2 aromatic heterocycles. The summed E-state index contributed by atoms with van der Waals surface area (Å²) in [5, 5.41) is 21.9. The minimum absolute atomic E-state index is 0.274. The smallest absolute Gasteiger partial charge is 0.387 e. The van der Waals surface area contributed by atoms with Crippen molar-refractivity contribution >= 4 is 0 Å². The molecule has 1 atom stereocenters. The minimum atomic E-state index is -3.25. The Morgan fingerprint density at radius 1 is 1.00 bits per heavy atom. The van der Waals surface area contributed by atoms with Gasteiger partial charge in [0.25, 0.3) is 0 Å². The number of nitrogens with zero attached hydrogens (tertiary/aromatic N) is 2. The average Bonchev–Trinajstić information content (AvgIpc) is 2.72. The van der Waals surface area contributed by atoms with Gasteiger partial charge in [0.2, 0.25) is 0 Å². The molecular weight excluding hydrogens is 444 g/mol. The maximum absolute atomic E-state index is 12.9. The second-order valence-electron chi connectivity index (χ2n) is 7.83. The van der Waals surface area contributed by atoms with Gasteiger partial charge in [0.15, 0.2) is 23.9 Å². The van der Waals surface area contributed by atoms with Gasteiger partial charge in [-0.1, -0.05) is 12.1 Å². The van der Waals surface area contributed by atoms with Crippen LogP contribution in [0.4, 0.5) is 17.6 Å². The number of alkyl halides is 4. The highest BCUT2D eigenvalue weighted by Crippen LogP contribution is 2.37. The second-order valence-corrected chi connectivity index (χ2v) is 7.83. The molecule has 0 aliphatic heterocycles. The Morgan fingerprint density at radius 2 is 1.67 bits per heavy atom. The highest BCUT2D eigenvalue weighted by molar-refractivity contribution is 5.46. The van der Waals surface area contributed by atoms with Crippen LogP contribution in [0.1, 0.15) is 42.1 Å². The largest absolute Gasteiger partial charge is 0.619 e. The molecule has 176 valence electrons. The lowest BCUT2D eigenvalue weighted by atomic mass is 9.86. The summed E-state index contributed by atoms with van der Waals surface area (Å²) < 4.78 is 60.5. The lowest BCUT2D eigenvalue weighted by Gasteiger charge is -2.22. The van der Waals surface area contributed by atoms with E-state index in [1.165, 1.54) is 30.7 Å². The lowest BCUT2D eigenvalue weighted by molar-refractivity contribution is -0.605. The Kier molecular flexibility index (Phi) is 7.37. The standard InChI is InChI=1S/C23H22F4N2O4/c1-23(2,30)20-8-6-16(12-28-20)17(10-14-4-3-9-29(31)13-14)15-5-7-18(32-21(24)25)19(11-15)33-22(26)27/h3-9,11-13,17,21-22,30H,10H2,1-2H3. The van der Waals surface area contributed by atoms with Crippen LogP contribution in [0.3, 0.4) is 0 Å². The number of halogens is 4. The molecule has 1 aromatic carbocycles. The van der Waals surface area contributed by atoms with Crippen molar-refractivity contribution in [2.45, 2.75) is 45.0 Å². The Balaban J connectivity index is 2.06. The normalized spacial score (nSPS) is 12.8. The summed E-state index contributed by atoms with van der Waals surface area (Å²) >= 11 is 0. The molecule has 6 nitrogen and oxygen atoms in total. The fourth-order valence-corrected chi connectivity index (χ4v) is 3.38. The summed E-state index contributed by atoms with van der Waals surface area (Å²) in [6.07, 6.45) is 4.50. The van der Waals surface area contributed by atoms with Gasteiger partial charge in [-0.3, -0.25) is 4.98 Å². The predicted molar refractivity (Wildman–Crippen MR) is 110 cm³/mol. The van der Waals surface area contributed by atoms with Crippen LogP contribution in [-0.2, 0) is 12.0 Å². The molecule has 0 bridgehead atoms. The van der Waals surface area contributed by atoms with E-state index in [-0.39, 0.29) is 6.42 Å². The number of hydrogen-bond acceptors (Lipinski definition) is 5. The van der Waals surface area contributed by atoms with E-state index in [2.05, 4.69) is 14.5 Å². The van der Waals surface area contributed by atoms with Crippen molar-refractivity contribution in [1.82, 2.24) is 4.98 Å². The van der Waals surface area contributed by atoms with Gasteiger partial charge < -0.3 is 19.8 Å². The molecule has 1 N–H and O–H groups in total. The molecule has 0 aliphatic carbocycles. The molecule has 0 saturated carbocycles. The highest BCUT2D eigenvalue weighted by atomic mass is 19.3.